The van der Waals surface area contributed by atoms with Crippen LogP contribution in [-0.4, -0.2) is 16.1 Å². The number of nitrogens with one attached hydrogen (secondary N) is 2. The molecule has 1 aromatic carbocycles. The lowest BCUT2D eigenvalue weighted by Gasteiger charge is -2.03. The summed E-state index contributed by atoms with van der Waals surface area (Å²) >= 11 is 5.80. The Bertz CT molecular complexity index is 558. The van der Waals surface area contributed by atoms with E-state index in [0.29, 0.717) is 10.6 Å². The second-order valence-corrected chi connectivity index (χ2v) is 4.26. The number of benzene rings is 1. The summed E-state index contributed by atoms with van der Waals surface area (Å²) in [6, 6.07) is 7.38. The van der Waals surface area contributed by atoms with Crippen molar-refractivity contribution in [1.82, 2.24) is 15.5 Å². The van der Waals surface area contributed by atoms with Gasteiger partial charge in [0.1, 0.15) is 0 Å². The van der Waals surface area contributed by atoms with Gasteiger partial charge in [-0.2, -0.15) is 5.10 Å². The molecule has 0 saturated heterocycles. The summed E-state index contributed by atoms with van der Waals surface area (Å²) in [5.74, 6) is -0.188. The Morgan fingerprint density at radius 3 is 2.72 bits per heavy atom. The number of nitrogens with zero attached hydrogens (tertiary/aromatic N) is 1. The maximum Gasteiger partial charge on any atom is 0.258 e. The van der Waals surface area contributed by atoms with Gasteiger partial charge in [0, 0.05) is 16.9 Å². The van der Waals surface area contributed by atoms with E-state index in [1.807, 2.05) is 25.1 Å². The second kappa shape index (κ2) is 5.51. The molecule has 2 rings (SSSR count). The first-order chi connectivity index (χ1) is 8.65. The van der Waals surface area contributed by atoms with Gasteiger partial charge in [0.25, 0.3) is 5.91 Å². The van der Waals surface area contributed by atoms with Crippen LogP contribution in [0.5, 0.6) is 0 Å². The van der Waals surface area contributed by atoms with Crippen molar-refractivity contribution in [2.45, 2.75) is 6.92 Å². The predicted molar refractivity (Wildman–Crippen MR) is 71.2 cm³/mol. The van der Waals surface area contributed by atoms with Gasteiger partial charge in [-0.1, -0.05) is 23.7 Å². The Kier molecular flexibility index (Phi) is 3.79. The Morgan fingerprint density at radius 2 is 2.11 bits per heavy atom. The van der Waals surface area contributed by atoms with E-state index in [1.54, 1.807) is 18.3 Å². The lowest BCUT2D eigenvalue weighted by molar-refractivity contribution is 0.0966. The summed E-state index contributed by atoms with van der Waals surface area (Å²) in [6.45, 7) is 1.83. The molecule has 0 radical (unpaired) electrons. The molecule has 0 aliphatic rings. The van der Waals surface area contributed by atoms with Gasteiger partial charge in [-0.25, -0.2) is 0 Å². The number of carbonyl (C=O) groups excluding carboxylic acids is 1. The quantitative estimate of drug-likeness (QED) is 0.893. The van der Waals surface area contributed by atoms with Crippen LogP contribution in [-0.2, 0) is 0 Å². The fraction of sp³-hybridized carbons (Fsp3) is 0.0769. The number of aromatic nitrogens is 2. The second-order valence-electron chi connectivity index (χ2n) is 3.82. The molecule has 2 aromatic rings. The summed E-state index contributed by atoms with van der Waals surface area (Å²) in [6.07, 6.45) is 4.89. The summed E-state index contributed by atoms with van der Waals surface area (Å²) in [7, 11) is 0. The molecule has 1 amide bonds. The number of hydrogen-bond donors (Lipinski definition) is 2. The van der Waals surface area contributed by atoms with Gasteiger partial charge < -0.3 is 5.32 Å². The van der Waals surface area contributed by atoms with Crippen LogP contribution in [0.1, 0.15) is 22.8 Å². The van der Waals surface area contributed by atoms with Crippen LogP contribution in [0.2, 0.25) is 5.02 Å². The molecule has 0 spiro atoms. The predicted octanol–water partition coefficient (Wildman–Crippen LogP) is 2.85. The number of hydrogen-bond acceptors (Lipinski definition) is 2. The van der Waals surface area contributed by atoms with Crippen molar-refractivity contribution in [2.24, 2.45) is 0 Å². The number of aromatic amines is 1. The highest BCUT2D eigenvalue weighted by atomic mass is 35.5. The summed E-state index contributed by atoms with van der Waals surface area (Å²) < 4.78 is 0. The van der Waals surface area contributed by atoms with E-state index in [1.165, 1.54) is 6.20 Å². The van der Waals surface area contributed by atoms with E-state index in [0.717, 1.165) is 11.3 Å². The molecular formula is C13H12ClN3O. The van der Waals surface area contributed by atoms with Crippen molar-refractivity contribution in [3.05, 3.63) is 58.5 Å². The Hall–Kier alpha value is -2.07. The Labute approximate surface area is 110 Å². The average molecular weight is 262 g/mol. The van der Waals surface area contributed by atoms with Gasteiger partial charge >= 0.3 is 0 Å². The van der Waals surface area contributed by atoms with Gasteiger partial charge in [0.2, 0.25) is 0 Å². The fourth-order valence-corrected chi connectivity index (χ4v) is 1.60. The van der Waals surface area contributed by atoms with E-state index >= 15 is 0 Å². The zero-order chi connectivity index (χ0) is 13.0. The van der Waals surface area contributed by atoms with Gasteiger partial charge in [-0.15, -0.1) is 0 Å². The number of halogens is 1. The highest BCUT2D eigenvalue weighted by Crippen LogP contribution is 2.11. The molecule has 0 aliphatic heterocycles. The van der Waals surface area contributed by atoms with E-state index in [-0.39, 0.29) is 5.91 Å². The third kappa shape index (κ3) is 3.21. The highest BCUT2D eigenvalue weighted by molar-refractivity contribution is 6.30. The fourth-order valence-electron chi connectivity index (χ4n) is 1.47. The third-order valence-electron chi connectivity index (χ3n) is 2.32. The first-order valence-electron chi connectivity index (χ1n) is 5.39. The van der Waals surface area contributed by atoms with E-state index in [9.17, 15) is 4.79 Å². The zero-order valence-electron chi connectivity index (χ0n) is 9.77. The number of H-pyrrole nitrogens is 1. The molecule has 1 aromatic heterocycles. The van der Waals surface area contributed by atoms with Crippen molar-refractivity contribution in [2.75, 3.05) is 0 Å². The lowest BCUT2D eigenvalue weighted by atomic mass is 10.2. The zero-order valence-corrected chi connectivity index (χ0v) is 10.5. The van der Waals surface area contributed by atoms with Gasteiger partial charge in [-0.05, 0) is 30.7 Å². The number of rotatable bonds is 3. The first kappa shape index (κ1) is 12.4. The standard InChI is InChI=1S/C13H12ClN3O/c1-9(6-10-2-4-12(14)5-3-10)17-13(18)11-7-15-16-8-11/h2-8H,1H3,(H,15,16)(H,17,18)/b9-6-. The first-order valence-corrected chi connectivity index (χ1v) is 5.77. The smallest absolute Gasteiger partial charge is 0.258 e. The molecule has 5 heteroatoms. The monoisotopic (exact) mass is 261 g/mol. The molecule has 0 aliphatic carbocycles. The van der Waals surface area contributed by atoms with E-state index < -0.39 is 0 Å². The molecule has 1 heterocycles. The molecule has 0 fully saturated rings. The third-order valence-corrected chi connectivity index (χ3v) is 2.58. The minimum Gasteiger partial charge on any atom is -0.326 e. The van der Waals surface area contributed by atoms with Crippen LogP contribution in [0.25, 0.3) is 6.08 Å². The molecule has 0 bridgehead atoms. The van der Waals surface area contributed by atoms with Crippen LogP contribution in [0.15, 0.2) is 42.4 Å². The number of amides is 1. The molecule has 0 unspecified atom stereocenters. The van der Waals surface area contributed by atoms with Crippen molar-refractivity contribution in [3.8, 4) is 0 Å². The van der Waals surface area contributed by atoms with Gasteiger partial charge in [-0.3, -0.25) is 9.89 Å². The normalized spacial score (nSPS) is 11.3. The molecule has 0 saturated carbocycles. The molecule has 18 heavy (non-hydrogen) atoms. The maximum atomic E-state index is 11.7. The number of allylic oxidation sites excluding steroid dienone is 1. The number of carbonyl (C=O) groups is 1. The topological polar surface area (TPSA) is 57.8 Å². The van der Waals surface area contributed by atoms with Crippen LogP contribution < -0.4 is 5.32 Å². The van der Waals surface area contributed by atoms with Crippen LogP contribution in [0.3, 0.4) is 0 Å². The maximum absolute atomic E-state index is 11.7. The van der Waals surface area contributed by atoms with Crippen molar-refractivity contribution >= 4 is 23.6 Å². The lowest BCUT2D eigenvalue weighted by Crippen LogP contribution is -2.20. The summed E-state index contributed by atoms with van der Waals surface area (Å²) in [5, 5.41) is 9.78. The minimum atomic E-state index is -0.188. The molecular weight excluding hydrogens is 250 g/mol. The Balaban J connectivity index is 2.05. The van der Waals surface area contributed by atoms with E-state index in [4.69, 9.17) is 11.6 Å². The van der Waals surface area contributed by atoms with Crippen LogP contribution >= 0.6 is 11.6 Å². The van der Waals surface area contributed by atoms with E-state index in [2.05, 4.69) is 15.5 Å². The van der Waals surface area contributed by atoms with Crippen LogP contribution in [0.4, 0.5) is 0 Å². The largest absolute Gasteiger partial charge is 0.326 e. The molecule has 0 atom stereocenters. The summed E-state index contributed by atoms with van der Waals surface area (Å²) in [4.78, 5) is 11.7. The van der Waals surface area contributed by atoms with Crippen molar-refractivity contribution < 1.29 is 4.79 Å². The minimum absolute atomic E-state index is 0.188. The van der Waals surface area contributed by atoms with Gasteiger partial charge in [0.15, 0.2) is 0 Å². The molecule has 4 nitrogen and oxygen atoms in total. The SMILES string of the molecule is C/C(=C/c1ccc(Cl)cc1)NC(=O)c1cn[nH]c1. The van der Waals surface area contributed by atoms with Crippen molar-refractivity contribution in [1.29, 1.82) is 0 Å². The molecule has 2 N–H and O–H groups in total. The molecule has 92 valence electrons. The van der Waals surface area contributed by atoms with Crippen LogP contribution in [0, 0.1) is 0 Å². The van der Waals surface area contributed by atoms with Crippen molar-refractivity contribution in [3.63, 3.8) is 0 Å². The Morgan fingerprint density at radius 1 is 1.39 bits per heavy atom. The highest BCUT2D eigenvalue weighted by Gasteiger charge is 2.05. The van der Waals surface area contributed by atoms with Gasteiger partial charge in [0.05, 0.1) is 11.8 Å². The summed E-state index contributed by atoms with van der Waals surface area (Å²) in [5.41, 5.74) is 2.23. The average Bonchev–Trinajstić information content (AvgIpc) is 2.85.